The average Bonchev–Trinajstić information content (AvgIpc) is 3.34. The van der Waals surface area contributed by atoms with Crippen LogP contribution in [-0.2, 0) is 24.7 Å². The standard InChI is InChI=1S/C18H14F2O3S.C13H18N2O5S/c1-24(22,23)15-4-2-11(3-5-15)16-6-7-17(21)18(16)12-8-13(19)10-14(20)9-12;1-21(18,19)14-12-8-7-10(15(16)17)9-13(12)20-11-5-3-2-4-6-11/h2-5,8-10H,6-7H2,1H3;7-9,11,14H,2-6H2,1H3. The van der Waals surface area contributed by atoms with E-state index >= 15 is 0 Å². The molecule has 14 heteroatoms. The summed E-state index contributed by atoms with van der Waals surface area (Å²) in [6, 6.07) is 13.0. The number of carbonyl (C=O) groups excluding carboxylic acids is 1. The number of rotatable bonds is 8. The molecule has 0 saturated heterocycles. The van der Waals surface area contributed by atoms with Crippen molar-refractivity contribution in [2.75, 3.05) is 17.2 Å². The second-order valence-electron chi connectivity index (χ2n) is 10.9. The molecule has 2 aliphatic rings. The summed E-state index contributed by atoms with van der Waals surface area (Å²) < 4.78 is 80.9. The van der Waals surface area contributed by atoms with Crippen molar-refractivity contribution in [3.8, 4) is 5.75 Å². The number of hydrogen-bond donors (Lipinski definition) is 1. The highest BCUT2D eigenvalue weighted by Crippen LogP contribution is 2.38. The quantitative estimate of drug-likeness (QED) is 0.218. The number of sulfonamides is 1. The lowest BCUT2D eigenvalue weighted by molar-refractivity contribution is -0.384. The van der Waals surface area contributed by atoms with Gasteiger partial charge in [-0.25, -0.2) is 25.6 Å². The van der Waals surface area contributed by atoms with Crippen LogP contribution in [0.15, 0.2) is 65.6 Å². The van der Waals surface area contributed by atoms with E-state index in [1.54, 1.807) is 12.1 Å². The summed E-state index contributed by atoms with van der Waals surface area (Å²) in [6.45, 7) is 0. The van der Waals surface area contributed by atoms with Crippen molar-refractivity contribution in [1.82, 2.24) is 0 Å². The number of non-ortho nitro benzene ring substituents is 1. The lowest BCUT2D eigenvalue weighted by Gasteiger charge is -2.24. The second kappa shape index (κ2) is 13.9. The number of ketones is 1. The summed E-state index contributed by atoms with van der Waals surface area (Å²) in [6.07, 6.45) is 7.83. The van der Waals surface area contributed by atoms with E-state index in [0.29, 0.717) is 23.1 Å². The lowest BCUT2D eigenvalue weighted by atomic mass is 9.96. The first kappa shape index (κ1) is 33.7. The minimum Gasteiger partial charge on any atom is -0.488 e. The van der Waals surface area contributed by atoms with Gasteiger partial charge >= 0.3 is 0 Å². The van der Waals surface area contributed by atoms with Crippen molar-refractivity contribution in [2.24, 2.45) is 0 Å². The molecule has 1 saturated carbocycles. The molecule has 45 heavy (non-hydrogen) atoms. The number of anilines is 1. The number of benzene rings is 3. The predicted octanol–water partition coefficient (Wildman–Crippen LogP) is 6.32. The molecule has 0 amide bonds. The Labute approximate surface area is 260 Å². The molecule has 0 radical (unpaired) electrons. The van der Waals surface area contributed by atoms with Crippen LogP contribution in [0.1, 0.15) is 56.1 Å². The van der Waals surface area contributed by atoms with Crippen LogP contribution in [-0.4, -0.2) is 46.2 Å². The highest BCUT2D eigenvalue weighted by Gasteiger charge is 2.26. The number of nitrogens with zero attached hydrogens (tertiary/aromatic N) is 1. The Hall–Kier alpha value is -4.17. The zero-order chi connectivity index (χ0) is 32.9. The molecule has 240 valence electrons. The van der Waals surface area contributed by atoms with Gasteiger partial charge in [-0.3, -0.25) is 19.6 Å². The molecular formula is C31H32F2N2O8S2. The molecule has 0 unspecified atom stereocenters. The maximum absolute atomic E-state index is 13.5. The van der Waals surface area contributed by atoms with E-state index in [-0.39, 0.29) is 45.9 Å². The number of halogens is 2. The molecule has 10 nitrogen and oxygen atoms in total. The largest absolute Gasteiger partial charge is 0.488 e. The topological polar surface area (TPSA) is 150 Å². The van der Waals surface area contributed by atoms with Crippen LogP contribution in [0.2, 0.25) is 0 Å². The molecule has 0 spiro atoms. The number of Topliss-reactive ketones (excluding diaryl/α,β-unsaturated/α-hetero) is 1. The van der Waals surface area contributed by atoms with Crippen molar-refractivity contribution in [3.63, 3.8) is 0 Å². The van der Waals surface area contributed by atoms with Gasteiger partial charge in [0.05, 0.1) is 33.9 Å². The summed E-state index contributed by atoms with van der Waals surface area (Å²) in [5.74, 6) is -1.46. The molecule has 0 heterocycles. The van der Waals surface area contributed by atoms with E-state index in [1.165, 1.54) is 30.3 Å². The Morgan fingerprint density at radius 1 is 0.844 bits per heavy atom. The Kier molecular flexibility index (Phi) is 10.4. The number of nitro benzene ring substituents is 1. The zero-order valence-electron chi connectivity index (χ0n) is 24.6. The molecule has 1 fully saturated rings. The molecular weight excluding hydrogens is 630 g/mol. The smallest absolute Gasteiger partial charge is 0.273 e. The fraction of sp³-hybridized carbons (Fsp3) is 0.323. The van der Waals surface area contributed by atoms with E-state index in [2.05, 4.69) is 4.72 Å². The number of hydrogen-bond acceptors (Lipinski definition) is 8. The summed E-state index contributed by atoms with van der Waals surface area (Å²) in [5.41, 5.74) is 1.95. The molecule has 3 aromatic carbocycles. The average molecular weight is 663 g/mol. The maximum atomic E-state index is 13.5. The fourth-order valence-electron chi connectivity index (χ4n) is 5.25. The fourth-order valence-corrected chi connectivity index (χ4v) is 6.45. The Bertz CT molecular complexity index is 1830. The van der Waals surface area contributed by atoms with Gasteiger partial charge in [-0.2, -0.15) is 0 Å². The number of nitrogens with one attached hydrogen (secondary N) is 1. The first-order valence-electron chi connectivity index (χ1n) is 14.1. The van der Waals surface area contributed by atoms with Crippen molar-refractivity contribution in [3.05, 3.63) is 93.5 Å². The second-order valence-corrected chi connectivity index (χ2v) is 14.7. The molecule has 2 aliphatic carbocycles. The highest BCUT2D eigenvalue weighted by atomic mass is 32.2. The van der Waals surface area contributed by atoms with Crippen molar-refractivity contribution >= 4 is 48.2 Å². The molecule has 0 atom stereocenters. The molecule has 1 N–H and O–H groups in total. The number of carbonyl (C=O) groups is 1. The predicted molar refractivity (Wildman–Crippen MR) is 166 cm³/mol. The molecule has 0 aromatic heterocycles. The maximum Gasteiger partial charge on any atom is 0.273 e. The van der Waals surface area contributed by atoms with Gasteiger partial charge in [0, 0.05) is 30.4 Å². The van der Waals surface area contributed by atoms with Crippen molar-refractivity contribution in [2.45, 2.75) is 55.9 Å². The minimum absolute atomic E-state index is 0.0270. The van der Waals surface area contributed by atoms with Gasteiger partial charge in [-0.05, 0) is 79.1 Å². The van der Waals surface area contributed by atoms with E-state index in [4.69, 9.17) is 4.74 Å². The minimum atomic E-state index is -3.47. The number of nitro groups is 1. The Balaban J connectivity index is 0.000000207. The third-order valence-corrected chi connectivity index (χ3v) is 9.00. The highest BCUT2D eigenvalue weighted by molar-refractivity contribution is 7.92. The van der Waals surface area contributed by atoms with Gasteiger partial charge in [-0.1, -0.05) is 18.6 Å². The summed E-state index contributed by atoms with van der Waals surface area (Å²) in [4.78, 5) is 22.7. The van der Waals surface area contributed by atoms with Gasteiger partial charge in [0.15, 0.2) is 21.4 Å². The molecule has 0 aliphatic heterocycles. The van der Waals surface area contributed by atoms with Crippen LogP contribution in [0.25, 0.3) is 11.1 Å². The van der Waals surface area contributed by atoms with Crippen molar-refractivity contribution in [1.29, 1.82) is 0 Å². The first-order valence-corrected chi connectivity index (χ1v) is 17.8. The van der Waals surface area contributed by atoms with Crippen LogP contribution >= 0.6 is 0 Å². The Morgan fingerprint density at radius 3 is 2.02 bits per heavy atom. The van der Waals surface area contributed by atoms with E-state index < -0.39 is 36.4 Å². The monoisotopic (exact) mass is 662 g/mol. The molecule has 3 aromatic rings. The van der Waals surface area contributed by atoms with Gasteiger partial charge in [0.2, 0.25) is 10.0 Å². The van der Waals surface area contributed by atoms with Crippen LogP contribution < -0.4 is 9.46 Å². The molecule has 0 bridgehead atoms. The lowest BCUT2D eigenvalue weighted by Crippen LogP contribution is -2.21. The molecule has 5 rings (SSSR count). The zero-order valence-corrected chi connectivity index (χ0v) is 26.2. The van der Waals surface area contributed by atoms with Crippen LogP contribution in [0.3, 0.4) is 0 Å². The number of ether oxygens (including phenoxy) is 1. The van der Waals surface area contributed by atoms with E-state index in [9.17, 15) is 40.5 Å². The summed E-state index contributed by atoms with van der Waals surface area (Å²) in [5, 5.41) is 10.9. The summed E-state index contributed by atoms with van der Waals surface area (Å²) in [7, 11) is -6.79. The normalized spacial score (nSPS) is 15.8. The first-order chi connectivity index (χ1) is 21.1. The summed E-state index contributed by atoms with van der Waals surface area (Å²) >= 11 is 0. The van der Waals surface area contributed by atoms with E-state index in [0.717, 1.165) is 62.8 Å². The van der Waals surface area contributed by atoms with Gasteiger partial charge < -0.3 is 4.74 Å². The van der Waals surface area contributed by atoms with E-state index in [1.807, 2.05) is 0 Å². The van der Waals surface area contributed by atoms with Crippen molar-refractivity contribution < 1.29 is 40.1 Å². The van der Waals surface area contributed by atoms with Crippen LogP contribution in [0, 0.1) is 21.7 Å². The number of allylic oxidation sites excluding steroid dienone is 2. The third kappa shape index (κ3) is 9.17. The van der Waals surface area contributed by atoms with Gasteiger partial charge in [0.1, 0.15) is 11.6 Å². The van der Waals surface area contributed by atoms with Crippen LogP contribution in [0.5, 0.6) is 5.75 Å². The number of sulfone groups is 1. The van der Waals surface area contributed by atoms with Crippen LogP contribution in [0.4, 0.5) is 20.2 Å². The third-order valence-electron chi connectivity index (χ3n) is 7.28. The van der Waals surface area contributed by atoms with Gasteiger partial charge in [0.25, 0.3) is 5.69 Å². The SMILES string of the molecule is CS(=O)(=O)Nc1ccc([N+](=O)[O-])cc1OC1CCCCC1.CS(=O)(=O)c1ccc(C2=C(c3cc(F)cc(F)c3)C(=O)CC2)cc1. The van der Waals surface area contributed by atoms with Gasteiger partial charge in [-0.15, -0.1) is 0 Å². The Morgan fingerprint density at radius 2 is 1.47 bits per heavy atom.